The molecule has 51 heavy (non-hydrogen) atoms. The average Bonchev–Trinajstić information content (AvgIpc) is 3.11. The van der Waals surface area contributed by atoms with Crippen LogP contribution >= 0.6 is 0 Å². The zero-order chi connectivity index (χ0) is 37.5. The van der Waals surface area contributed by atoms with E-state index >= 15 is 0 Å². The molecule has 0 radical (unpaired) electrons. The normalized spacial score (nSPS) is 13.0. The van der Waals surface area contributed by atoms with Crippen molar-refractivity contribution in [2.45, 2.75) is 219 Å². The van der Waals surface area contributed by atoms with Crippen LogP contribution in [0.5, 0.6) is 0 Å². The first-order valence-electron chi connectivity index (χ1n) is 21.3. The van der Waals surface area contributed by atoms with Crippen molar-refractivity contribution in [2.24, 2.45) is 5.73 Å². The van der Waals surface area contributed by atoms with Gasteiger partial charge in [0.2, 0.25) is 5.91 Å². The number of hydrogen-bond acceptors (Lipinski definition) is 5. The second kappa shape index (κ2) is 38.8. The first-order valence-corrected chi connectivity index (χ1v) is 21.3. The van der Waals surface area contributed by atoms with Crippen LogP contribution in [0.2, 0.25) is 0 Å². The summed E-state index contributed by atoms with van der Waals surface area (Å²) in [6, 6.07) is -0.861. The second-order valence-corrected chi connectivity index (χ2v) is 14.4. The van der Waals surface area contributed by atoms with Crippen molar-refractivity contribution in [3.8, 4) is 0 Å². The number of nitrogens with one attached hydrogen (secondary N) is 1. The topological polar surface area (TPSA) is 119 Å². The van der Waals surface area contributed by atoms with E-state index in [2.05, 4.69) is 55.6 Å². The molecule has 0 aliphatic rings. The molecule has 1 amide bonds. The molecule has 2 atom stereocenters. The third-order valence-electron chi connectivity index (χ3n) is 9.43. The molecule has 0 aromatic rings. The fourth-order valence-corrected chi connectivity index (χ4v) is 6.19. The van der Waals surface area contributed by atoms with Crippen LogP contribution < -0.4 is 11.1 Å². The Labute approximate surface area is 314 Å². The number of esters is 1. The van der Waals surface area contributed by atoms with Crippen LogP contribution in [0.3, 0.4) is 0 Å². The minimum Gasteiger partial charge on any atom is -0.480 e. The van der Waals surface area contributed by atoms with Crippen LogP contribution in [0.4, 0.5) is 0 Å². The highest BCUT2D eigenvalue weighted by Crippen LogP contribution is 2.18. The predicted molar refractivity (Wildman–Crippen MR) is 216 cm³/mol. The maximum absolute atomic E-state index is 12.8. The molecule has 2 unspecified atom stereocenters. The van der Waals surface area contributed by atoms with Gasteiger partial charge in [-0.05, 0) is 109 Å². The van der Waals surface area contributed by atoms with Gasteiger partial charge in [-0.2, -0.15) is 0 Å². The standard InChI is InChI=1S/C44H80N2O5/c1-3-5-7-9-11-13-15-16-17-19-21-23-28-32-38-43(48)51-40(34-29-25-22-20-18-14-12-10-8-6-4-2)35-30-26-24-27-31-37-42(47)46-41(44(49)50)36-33-39-45/h12,14-16,20,22,40-41H,3-11,13,17-19,21,23-39,45H2,1-2H3,(H,46,47)(H,49,50)/b14-12-,16-15-,22-20-. The maximum Gasteiger partial charge on any atom is 0.326 e. The van der Waals surface area contributed by atoms with Gasteiger partial charge in [-0.1, -0.05) is 127 Å². The summed E-state index contributed by atoms with van der Waals surface area (Å²) in [4.78, 5) is 36.3. The minimum absolute atomic E-state index is 0.0324. The lowest BCUT2D eigenvalue weighted by atomic mass is 10.0. The fourth-order valence-electron chi connectivity index (χ4n) is 6.19. The lowest BCUT2D eigenvalue weighted by Crippen LogP contribution is -2.40. The highest BCUT2D eigenvalue weighted by Gasteiger charge is 2.19. The second-order valence-electron chi connectivity index (χ2n) is 14.4. The summed E-state index contributed by atoms with van der Waals surface area (Å²) in [6.45, 7) is 4.90. The molecule has 0 saturated carbocycles. The minimum atomic E-state index is -1.01. The van der Waals surface area contributed by atoms with E-state index in [1.807, 2.05) is 0 Å². The average molecular weight is 717 g/mol. The van der Waals surface area contributed by atoms with E-state index in [1.165, 1.54) is 89.9 Å². The van der Waals surface area contributed by atoms with Crippen LogP contribution in [0.15, 0.2) is 36.5 Å². The summed E-state index contributed by atoms with van der Waals surface area (Å²) in [5, 5.41) is 11.9. The fraction of sp³-hybridized carbons (Fsp3) is 0.795. The molecule has 296 valence electrons. The summed E-state index contributed by atoms with van der Waals surface area (Å²) >= 11 is 0. The highest BCUT2D eigenvalue weighted by molar-refractivity contribution is 5.83. The Hall–Kier alpha value is -2.41. The summed E-state index contributed by atoms with van der Waals surface area (Å²) in [7, 11) is 0. The van der Waals surface area contributed by atoms with Gasteiger partial charge in [0.1, 0.15) is 12.1 Å². The van der Waals surface area contributed by atoms with E-state index in [4.69, 9.17) is 10.5 Å². The zero-order valence-electron chi connectivity index (χ0n) is 33.2. The Morgan fingerprint density at radius 2 is 1.04 bits per heavy atom. The van der Waals surface area contributed by atoms with Crippen molar-refractivity contribution in [2.75, 3.05) is 6.54 Å². The quantitative estimate of drug-likeness (QED) is 0.0332. The molecule has 0 aliphatic carbocycles. The molecule has 7 heteroatoms. The van der Waals surface area contributed by atoms with Gasteiger partial charge in [-0.3, -0.25) is 9.59 Å². The van der Waals surface area contributed by atoms with E-state index in [1.54, 1.807) is 0 Å². The zero-order valence-corrected chi connectivity index (χ0v) is 33.2. The number of ether oxygens (including phenoxy) is 1. The van der Waals surface area contributed by atoms with E-state index < -0.39 is 12.0 Å². The van der Waals surface area contributed by atoms with Gasteiger partial charge in [0.15, 0.2) is 0 Å². The lowest BCUT2D eigenvalue weighted by Gasteiger charge is -2.18. The van der Waals surface area contributed by atoms with Crippen LogP contribution in [-0.2, 0) is 19.1 Å². The van der Waals surface area contributed by atoms with Crippen LogP contribution in [0, 0.1) is 0 Å². The molecule has 0 fully saturated rings. The first kappa shape index (κ1) is 48.6. The van der Waals surface area contributed by atoms with Gasteiger partial charge < -0.3 is 20.9 Å². The molecule has 0 aromatic carbocycles. The highest BCUT2D eigenvalue weighted by atomic mass is 16.5. The molecule has 4 N–H and O–H groups in total. The number of aliphatic carboxylic acids is 1. The molecule has 7 nitrogen and oxygen atoms in total. The number of carboxylic acid groups (broad SMARTS) is 1. The van der Waals surface area contributed by atoms with E-state index in [-0.39, 0.29) is 18.0 Å². The maximum atomic E-state index is 12.8. The Kier molecular flexibility index (Phi) is 37.0. The Morgan fingerprint density at radius 1 is 0.569 bits per heavy atom. The number of allylic oxidation sites excluding steroid dienone is 6. The van der Waals surface area contributed by atoms with E-state index in [9.17, 15) is 19.5 Å². The van der Waals surface area contributed by atoms with Crippen molar-refractivity contribution in [1.82, 2.24) is 5.32 Å². The number of unbranched alkanes of at least 4 members (excludes halogenated alkanes) is 18. The monoisotopic (exact) mass is 717 g/mol. The van der Waals surface area contributed by atoms with Crippen molar-refractivity contribution in [1.29, 1.82) is 0 Å². The molecule has 0 aliphatic heterocycles. The lowest BCUT2D eigenvalue weighted by molar-refractivity contribution is -0.150. The van der Waals surface area contributed by atoms with Crippen molar-refractivity contribution < 1.29 is 24.2 Å². The molecule has 0 rings (SSSR count). The summed E-state index contributed by atoms with van der Waals surface area (Å²) in [5.74, 6) is -1.27. The molecule has 0 spiro atoms. The van der Waals surface area contributed by atoms with Gasteiger partial charge >= 0.3 is 11.9 Å². The van der Waals surface area contributed by atoms with Crippen molar-refractivity contribution in [3.05, 3.63) is 36.5 Å². The third kappa shape index (κ3) is 35.8. The summed E-state index contributed by atoms with van der Waals surface area (Å²) < 4.78 is 6.01. The van der Waals surface area contributed by atoms with Crippen LogP contribution in [0.25, 0.3) is 0 Å². The molecular formula is C44H80N2O5. The predicted octanol–water partition coefficient (Wildman–Crippen LogP) is 11.8. The number of carbonyl (C=O) groups excluding carboxylic acids is 2. The number of amides is 1. The Morgan fingerprint density at radius 3 is 1.65 bits per heavy atom. The Bertz CT molecular complexity index is 900. The number of hydrogen-bond donors (Lipinski definition) is 3. The van der Waals surface area contributed by atoms with E-state index in [0.29, 0.717) is 32.2 Å². The van der Waals surface area contributed by atoms with Gasteiger partial charge in [0.05, 0.1) is 0 Å². The summed E-state index contributed by atoms with van der Waals surface area (Å²) in [5.41, 5.74) is 5.48. The molecular weight excluding hydrogens is 636 g/mol. The molecule has 0 heterocycles. The van der Waals surface area contributed by atoms with Gasteiger partial charge in [-0.15, -0.1) is 0 Å². The number of nitrogens with two attached hydrogens (primary N) is 1. The number of carboxylic acids is 1. The van der Waals surface area contributed by atoms with Crippen molar-refractivity contribution >= 4 is 17.8 Å². The first-order chi connectivity index (χ1) is 24.9. The largest absolute Gasteiger partial charge is 0.480 e. The van der Waals surface area contributed by atoms with Gasteiger partial charge in [0.25, 0.3) is 0 Å². The smallest absolute Gasteiger partial charge is 0.326 e. The third-order valence-corrected chi connectivity index (χ3v) is 9.43. The van der Waals surface area contributed by atoms with Crippen LogP contribution in [-0.4, -0.2) is 41.6 Å². The number of carbonyl (C=O) groups is 3. The number of rotatable bonds is 38. The van der Waals surface area contributed by atoms with Gasteiger partial charge in [-0.25, -0.2) is 4.79 Å². The molecule has 0 saturated heterocycles. The SMILES string of the molecule is CCCCC/C=C\C/C=C\CCCC(CCCCCCCC(=O)NC(CCCN)C(=O)O)OC(=O)CCCCCCC/C=C\CCCCCCC. The van der Waals surface area contributed by atoms with Crippen molar-refractivity contribution in [3.63, 3.8) is 0 Å². The Balaban J connectivity index is 4.38. The van der Waals surface area contributed by atoms with E-state index in [0.717, 1.165) is 77.0 Å². The molecule has 0 aromatic heterocycles. The van der Waals surface area contributed by atoms with Crippen LogP contribution in [0.1, 0.15) is 206 Å². The molecule has 0 bridgehead atoms. The summed E-state index contributed by atoms with van der Waals surface area (Å²) in [6.07, 6.45) is 44.7. The van der Waals surface area contributed by atoms with Gasteiger partial charge in [0, 0.05) is 12.8 Å².